The minimum absolute atomic E-state index is 0.0820. The maximum atomic E-state index is 11.9. The van der Waals surface area contributed by atoms with Gasteiger partial charge in [0.15, 0.2) is 11.5 Å². The van der Waals surface area contributed by atoms with E-state index in [4.69, 9.17) is 9.47 Å². The van der Waals surface area contributed by atoms with Gasteiger partial charge < -0.3 is 14.8 Å². The largest absolute Gasteiger partial charge is 0.486 e. The van der Waals surface area contributed by atoms with Crippen LogP contribution < -0.4 is 14.8 Å². The molecule has 0 spiro atoms. The van der Waals surface area contributed by atoms with Gasteiger partial charge in [-0.1, -0.05) is 24.3 Å². The van der Waals surface area contributed by atoms with Gasteiger partial charge in [0.05, 0.1) is 0 Å². The topological polar surface area (TPSA) is 47.6 Å². The third-order valence-corrected chi connectivity index (χ3v) is 4.70. The second-order valence-electron chi connectivity index (χ2n) is 5.49. The molecule has 4 nitrogen and oxygen atoms in total. The summed E-state index contributed by atoms with van der Waals surface area (Å²) in [6.45, 7) is 1.85. The molecule has 0 bridgehead atoms. The molecule has 3 rings (SSSR count). The summed E-state index contributed by atoms with van der Waals surface area (Å²) >= 11 is 1.75. The molecule has 1 amide bonds. The van der Waals surface area contributed by atoms with Crippen LogP contribution in [0.2, 0.25) is 0 Å². The Bertz CT molecular complexity index is 676. The molecule has 0 aromatic heterocycles. The van der Waals surface area contributed by atoms with Crippen LogP contribution in [-0.4, -0.2) is 31.4 Å². The fourth-order valence-electron chi connectivity index (χ4n) is 2.47. The molecule has 0 saturated carbocycles. The molecule has 2 aromatic carbocycles. The number of amides is 1. The van der Waals surface area contributed by atoms with Crippen LogP contribution in [-0.2, 0) is 11.2 Å². The van der Waals surface area contributed by atoms with Crippen molar-refractivity contribution >= 4 is 17.7 Å². The molecular formula is C19H21NO3S. The van der Waals surface area contributed by atoms with Crippen LogP contribution in [0, 0.1) is 0 Å². The van der Waals surface area contributed by atoms with Crippen molar-refractivity contribution in [1.82, 2.24) is 5.32 Å². The van der Waals surface area contributed by atoms with Crippen molar-refractivity contribution in [2.24, 2.45) is 0 Å². The van der Waals surface area contributed by atoms with E-state index in [1.165, 1.54) is 4.90 Å². The summed E-state index contributed by atoms with van der Waals surface area (Å²) in [7, 11) is 0. The number of carbonyl (C=O) groups excluding carboxylic acids is 1. The first kappa shape index (κ1) is 16.7. The van der Waals surface area contributed by atoms with Crippen molar-refractivity contribution in [3.63, 3.8) is 0 Å². The number of ether oxygens (including phenoxy) is 2. The predicted octanol–water partition coefficient (Wildman–Crippen LogP) is 3.30. The van der Waals surface area contributed by atoms with Crippen LogP contribution in [0.4, 0.5) is 0 Å². The van der Waals surface area contributed by atoms with E-state index in [2.05, 4.69) is 17.4 Å². The van der Waals surface area contributed by atoms with Gasteiger partial charge in [-0.25, -0.2) is 0 Å². The van der Waals surface area contributed by atoms with E-state index in [9.17, 15) is 4.79 Å². The highest BCUT2D eigenvalue weighted by Gasteiger charge is 2.12. The Hall–Kier alpha value is -2.14. The molecule has 1 N–H and O–H groups in total. The lowest BCUT2D eigenvalue weighted by molar-refractivity contribution is -0.120. The van der Waals surface area contributed by atoms with Gasteiger partial charge in [0.2, 0.25) is 5.91 Å². The molecule has 0 fully saturated rings. The van der Waals surface area contributed by atoms with Gasteiger partial charge in [-0.2, -0.15) is 0 Å². The van der Waals surface area contributed by atoms with Gasteiger partial charge in [0, 0.05) is 23.6 Å². The van der Waals surface area contributed by atoms with Gasteiger partial charge >= 0.3 is 0 Å². The standard InChI is InChI=1S/C19H21NO3S/c21-19(20-10-13-24-16-4-2-1-3-5-16)9-7-15-6-8-17-18(14-15)23-12-11-22-17/h1-6,8,14H,7,9-13H2,(H,20,21). The normalized spacial score (nSPS) is 12.7. The van der Waals surface area contributed by atoms with Gasteiger partial charge in [-0.05, 0) is 36.2 Å². The summed E-state index contributed by atoms with van der Waals surface area (Å²) < 4.78 is 11.1. The Labute approximate surface area is 146 Å². The van der Waals surface area contributed by atoms with E-state index < -0.39 is 0 Å². The molecule has 0 atom stereocenters. The molecule has 0 radical (unpaired) electrons. The summed E-state index contributed by atoms with van der Waals surface area (Å²) in [6, 6.07) is 16.1. The lowest BCUT2D eigenvalue weighted by Gasteiger charge is -2.18. The minimum atomic E-state index is 0.0820. The number of fused-ring (bicyclic) bond motifs is 1. The predicted molar refractivity (Wildman–Crippen MR) is 95.9 cm³/mol. The van der Waals surface area contributed by atoms with Crippen LogP contribution in [0.5, 0.6) is 11.5 Å². The summed E-state index contributed by atoms with van der Waals surface area (Å²) in [5, 5.41) is 2.97. The van der Waals surface area contributed by atoms with E-state index >= 15 is 0 Å². The maximum absolute atomic E-state index is 11.9. The molecule has 0 saturated heterocycles. The van der Waals surface area contributed by atoms with Crippen LogP contribution in [0.1, 0.15) is 12.0 Å². The molecule has 0 unspecified atom stereocenters. The Morgan fingerprint density at radius 3 is 2.67 bits per heavy atom. The van der Waals surface area contributed by atoms with E-state index in [1.807, 2.05) is 36.4 Å². The average molecular weight is 343 g/mol. The summed E-state index contributed by atoms with van der Waals surface area (Å²) in [6.07, 6.45) is 1.18. The summed E-state index contributed by atoms with van der Waals surface area (Å²) in [4.78, 5) is 13.2. The molecule has 2 aromatic rings. The molecule has 5 heteroatoms. The number of rotatable bonds is 7. The first-order valence-corrected chi connectivity index (χ1v) is 9.13. The third kappa shape index (κ3) is 4.93. The maximum Gasteiger partial charge on any atom is 0.220 e. The Balaban J connectivity index is 1.36. The minimum Gasteiger partial charge on any atom is -0.486 e. The lowest BCUT2D eigenvalue weighted by Crippen LogP contribution is -2.25. The fourth-order valence-corrected chi connectivity index (χ4v) is 3.25. The molecular weight excluding hydrogens is 322 g/mol. The Morgan fingerprint density at radius 2 is 1.83 bits per heavy atom. The highest BCUT2D eigenvalue weighted by molar-refractivity contribution is 7.99. The summed E-state index contributed by atoms with van der Waals surface area (Å²) in [5.41, 5.74) is 1.09. The lowest BCUT2D eigenvalue weighted by atomic mass is 10.1. The molecule has 126 valence electrons. The monoisotopic (exact) mass is 343 g/mol. The van der Waals surface area contributed by atoms with Crippen molar-refractivity contribution in [3.05, 3.63) is 54.1 Å². The van der Waals surface area contributed by atoms with E-state index in [0.717, 1.165) is 22.8 Å². The Kier molecular flexibility index (Phi) is 6.01. The van der Waals surface area contributed by atoms with Gasteiger partial charge in [-0.3, -0.25) is 4.79 Å². The van der Waals surface area contributed by atoms with Crippen molar-refractivity contribution < 1.29 is 14.3 Å². The van der Waals surface area contributed by atoms with Gasteiger partial charge in [-0.15, -0.1) is 11.8 Å². The average Bonchev–Trinajstić information content (AvgIpc) is 2.64. The van der Waals surface area contributed by atoms with Crippen LogP contribution in [0.15, 0.2) is 53.4 Å². The molecule has 24 heavy (non-hydrogen) atoms. The third-order valence-electron chi connectivity index (χ3n) is 3.68. The zero-order valence-electron chi connectivity index (χ0n) is 13.5. The molecule has 1 heterocycles. The number of nitrogens with one attached hydrogen (secondary N) is 1. The number of hydrogen-bond acceptors (Lipinski definition) is 4. The van der Waals surface area contributed by atoms with Crippen LogP contribution in [0.3, 0.4) is 0 Å². The smallest absolute Gasteiger partial charge is 0.220 e. The van der Waals surface area contributed by atoms with Crippen LogP contribution in [0.25, 0.3) is 0 Å². The molecule has 0 aliphatic carbocycles. The first-order valence-electron chi connectivity index (χ1n) is 8.14. The molecule has 1 aliphatic heterocycles. The van der Waals surface area contributed by atoms with E-state index in [1.54, 1.807) is 11.8 Å². The number of aryl methyl sites for hydroxylation is 1. The van der Waals surface area contributed by atoms with Crippen molar-refractivity contribution in [1.29, 1.82) is 0 Å². The Morgan fingerprint density at radius 1 is 1.04 bits per heavy atom. The van der Waals surface area contributed by atoms with E-state index in [0.29, 0.717) is 32.6 Å². The summed E-state index contributed by atoms with van der Waals surface area (Å²) in [5.74, 6) is 2.52. The second-order valence-corrected chi connectivity index (χ2v) is 6.66. The highest BCUT2D eigenvalue weighted by Crippen LogP contribution is 2.31. The van der Waals surface area contributed by atoms with Gasteiger partial charge in [0.1, 0.15) is 13.2 Å². The van der Waals surface area contributed by atoms with Crippen LogP contribution >= 0.6 is 11.8 Å². The first-order chi connectivity index (χ1) is 11.8. The number of benzene rings is 2. The van der Waals surface area contributed by atoms with Crippen molar-refractivity contribution in [2.45, 2.75) is 17.7 Å². The van der Waals surface area contributed by atoms with E-state index in [-0.39, 0.29) is 5.91 Å². The van der Waals surface area contributed by atoms with Crippen molar-refractivity contribution in [2.75, 3.05) is 25.5 Å². The number of carbonyl (C=O) groups is 1. The SMILES string of the molecule is O=C(CCc1ccc2c(c1)OCCO2)NCCSc1ccccc1. The quantitative estimate of drug-likeness (QED) is 0.619. The number of thioether (sulfide) groups is 1. The zero-order chi connectivity index (χ0) is 16.6. The fraction of sp³-hybridized carbons (Fsp3) is 0.316. The van der Waals surface area contributed by atoms with Gasteiger partial charge in [0.25, 0.3) is 0 Å². The van der Waals surface area contributed by atoms with Crippen molar-refractivity contribution in [3.8, 4) is 11.5 Å². The number of hydrogen-bond donors (Lipinski definition) is 1. The molecule has 1 aliphatic rings. The second kappa shape index (κ2) is 8.64. The zero-order valence-corrected chi connectivity index (χ0v) is 14.3. The highest BCUT2D eigenvalue weighted by atomic mass is 32.2.